The van der Waals surface area contributed by atoms with Gasteiger partial charge in [-0.1, -0.05) is 18.2 Å². The molecule has 0 saturated carbocycles. The highest BCUT2D eigenvalue weighted by molar-refractivity contribution is 7.23. The molecule has 0 spiro atoms. The van der Waals surface area contributed by atoms with E-state index in [2.05, 4.69) is 44.4 Å². The lowest BCUT2D eigenvalue weighted by Gasteiger charge is -2.42. The smallest absolute Gasteiger partial charge is 0.266 e. The number of thiophene rings is 2. The van der Waals surface area contributed by atoms with E-state index in [4.69, 9.17) is 4.98 Å². The highest BCUT2D eigenvalue weighted by Crippen LogP contribution is 2.50. The van der Waals surface area contributed by atoms with Crippen molar-refractivity contribution in [3.63, 3.8) is 0 Å². The molecule has 0 atom stereocenters. The van der Waals surface area contributed by atoms with Crippen LogP contribution in [-0.2, 0) is 12.0 Å². The van der Waals surface area contributed by atoms with E-state index in [-0.39, 0.29) is 17.0 Å². The van der Waals surface area contributed by atoms with Crippen LogP contribution in [0.15, 0.2) is 41.8 Å². The Balaban J connectivity index is 1.70. The summed E-state index contributed by atoms with van der Waals surface area (Å²) in [6.07, 6.45) is 0.891. The van der Waals surface area contributed by atoms with Crippen molar-refractivity contribution in [2.75, 3.05) is 5.32 Å². The van der Waals surface area contributed by atoms with Crippen LogP contribution in [0.25, 0.3) is 20.8 Å². The van der Waals surface area contributed by atoms with Gasteiger partial charge in [0.1, 0.15) is 10.0 Å². The Labute approximate surface area is 188 Å². The van der Waals surface area contributed by atoms with Gasteiger partial charge >= 0.3 is 0 Å². The van der Waals surface area contributed by atoms with E-state index in [1.54, 1.807) is 22.7 Å². The quantitative estimate of drug-likeness (QED) is 0.372. The fraction of sp³-hybridized carbons (Fsp3) is 0.304. The summed E-state index contributed by atoms with van der Waals surface area (Å²) in [6, 6.07) is 12.0. The minimum atomic E-state index is -0.181. The molecule has 0 saturated heterocycles. The summed E-state index contributed by atoms with van der Waals surface area (Å²) in [6.45, 7) is 8.91. The zero-order valence-corrected chi connectivity index (χ0v) is 19.8. The third-order valence-corrected chi connectivity index (χ3v) is 8.72. The second-order valence-corrected chi connectivity index (χ2v) is 11.8. The second kappa shape index (κ2) is 6.99. The van der Waals surface area contributed by atoms with Crippen molar-refractivity contribution in [3.05, 3.63) is 57.1 Å². The standard InChI is InChI=1S/C23H23N3OS3/c1-22(2)12-13-17(20-24-14-8-5-6-9-15(14)29-20)21(30-18(13)23(3,4)26-22)25-19(27)16-10-7-11-28-16/h5-11,26H,12H2,1-4H3,(H,25,27). The number of hydrogen-bond acceptors (Lipinski definition) is 6. The van der Waals surface area contributed by atoms with E-state index in [1.807, 2.05) is 35.7 Å². The lowest BCUT2D eigenvalue weighted by atomic mass is 9.81. The van der Waals surface area contributed by atoms with E-state index in [0.717, 1.165) is 32.2 Å². The van der Waals surface area contributed by atoms with Crippen LogP contribution in [0.5, 0.6) is 0 Å². The molecule has 5 rings (SSSR count). The summed E-state index contributed by atoms with van der Waals surface area (Å²) in [5.41, 5.74) is 3.16. The average molecular weight is 454 g/mol. The molecule has 0 fully saturated rings. The number of amides is 1. The predicted molar refractivity (Wildman–Crippen MR) is 129 cm³/mol. The van der Waals surface area contributed by atoms with E-state index in [9.17, 15) is 4.79 Å². The zero-order valence-electron chi connectivity index (χ0n) is 17.3. The largest absolute Gasteiger partial charge is 0.312 e. The molecule has 0 unspecified atom stereocenters. The van der Waals surface area contributed by atoms with Gasteiger partial charge in [0.15, 0.2) is 0 Å². The van der Waals surface area contributed by atoms with E-state index in [0.29, 0.717) is 4.88 Å². The molecule has 7 heteroatoms. The maximum atomic E-state index is 12.9. The van der Waals surface area contributed by atoms with Gasteiger partial charge in [-0.2, -0.15) is 0 Å². The maximum absolute atomic E-state index is 12.9. The number of anilines is 1. The molecule has 3 aromatic heterocycles. The van der Waals surface area contributed by atoms with Gasteiger partial charge in [-0.25, -0.2) is 4.98 Å². The van der Waals surface area contributed by atoms with Gasteiger partial charge in [-0.3, -0.25) is 4.79 Å². The summed E-state index contributed by atoms with van der Waals surface area (Å²) in [5, 5.41) is 10.8. The summed E-state index contributed by atoms with van der Waals surface area (Å²) in [5.74, 6) is -0.0593. The van der Waals surface area contributed by atoms with Crippen molar-refractivity contribution in [1.82, 2.24) is 10.3 Å². The van der Waals surface area contributed by atoms with Crippen LogP contribution in [0.4, 0.5) is 5.00 Å². The molecule has 4 heterocycles. The van der Waals surface area contributed by atoms with Crippen molar-refractivity contribution in [1.29, 1.82) is 0 Å². The Hall–Kier alpha value is -2.06. The van der Waals surface area contributed by atoms with E-state index >= 15 is 0 Å². The fourth-order valence-corrected chi connectivity index (χ4v) is 7.39. The summed E-state index contributed by atoms with van der Waals surface area (Å²) in [7, 11) is 0. The first kappa shape index (κ1) is 19.9. The van der Waals surface area contributed by atoms with Gasteiger partial charge < -0.3 is 10.6 Å². The number of carbonyl (C=O) groups excluding carboxylic acids is 1. The third-order valence-electron chi connectivity index (χ3n) is 5.32. The topological polar surface area (TPSA) is 54.0 Å². The molecule has 0 radical (unpaired) electrons. The molecule has 0 bridgehead atoms. The van der Waals surface area contributed by atoms with Crippen LogP contribution in [0.2, 0.25) is 0 Å². The summed E-state index contributed by atoms with van der Waals surface area (Å²) >= 11 is 4.83. The van der Waals surface area contributed by atoms with Crippen LogP contribution in [0.1, 0.15) is 47.8 Å². The average Bonchev–Trinajstić information content (AvgIpc) is 3.37. The van der Waals surface area contributed by atoms with Crippen LogP contribution in [-0.4, -0.2) is 16.4 Å². The van der Waals surface area contributed by atoms with Gasteiger partial charge in [0.25, 0.3) is 5.91 Å². The summed E-state index contributed by atoms with van der Waals surface area (Å²) in [4.78, 5) is 19.8. The minimum Gasteiger partial charge on any atom is -0.312 e. The van der Waals surface area contributed by atoms with Gasteiger partial charge in [0, 0.05) is 21.5 Å². The van der Waals surface area contributed by atoms with E-state index in [1.165, 1.54) is 21.8 Å². The Bertz CT molecular complexity index is 1220. The number of hydrogen-bond donors (Lipinski definition) is 2. The van der Waals surface area contributed by atoms with Crippen molar-refractivity contribution < 1.29 is 4.79 Å². The number of fused-ring (bicyclic) bond motifs is 2. The van der Waals surface area contributed by atoms with Crippen molar-refractivity contribution in [2.45, 2.75) is 45.2 Å². The van der Waals surface area contributed by atoms with Crippen LogP contribution < -0.4 is 10.6 Å². The molecular formula is C23H23N3OS3. The molecule has 1 aliphatic heterocycles. The Morgan fingerprint density at radius 2 is 1.90 bits per heavy atom. The molecule has 1 aliphatic rings. The molecule has 4 aromatic rings. The van der Waals surface area contributed by atoms with Crippen LogP contribution >= 0.6 is 34.0 Å². The SMILES string of the molecule is CC1(C)Cc2c(sc(NC(=O)c3cccs3)c2-c2nc3ccccc3s2)C(C)(C)N1. The zero-order chi connectivity index (χ0) is 21.1. The number of nitrogens with zero attached hydrogens (tertiary/aromatic N) is 1. The lowest BCUT2D eigenvalue weighted by molar-refractivity contribution is 0.103. The monoisotopic (exact) mass is 453 g/mol. The van der Waals surface area contributed by atoms with Gasteiger partial charge in [-0.05, 0) is 63.3 Å². The Morgan fingerprint density at radius 1 is 1.10 bits per heavy atom. The first-order valence-corrected chi connectivity index (χ1v) is 12.4. The number of aromatic nitrogens is 1. The predicted octanol–water partition coefficient (Wildman–Crippen LogP) is 6.50. The Morgan fingerprint density at radius 3 is 2.63 bits per heavy atom. The molecule has 30 heavy (non-hydrogen) atoms. The Kier molecular flexibility index (Phi) is 4.63. The number of carbonyl (C=O) groups is 1. The molecule has 4 nitrogen and oxygen atoms in total. The maximum Gasteiger partial charge on any atom is 0.266 e. The second-order valence-electron chi connectivity index (χ2n) is 8.84. The first-order chi connectivity index (χ1) is 14.2. The third kappa shape index (κ3) is 3.39. The summed E-state index contributed by atoms with van der Waals surface area (Å²) < 4.78 is 1.16. The normalized spacial score (nSPS) is 17.1. The van der Waals surface area contributed by atoms with Crippen LogP contribution in [0.3, 0.4) is 0 Å². The highest BCUT2D eigenvalue weighted by atomic mass is 32.1. The van der Waals surface area contributed by atoms with Crippen molar-refractivity contribution in [2.24, 2.45) is 0 Å². The molecule has 2 N–H and O–H groups in total. The molecule has 1 aromatic carbocycles. The van der Waals surface area contributed by atoms with Crippen molar-refractivity contribution in [3.8, 4) is 10.6 Å². The molecule has 1 amide bonds. The molecular weight excluding hydrogens is 430 g/mol. The van der Waals surface area contributed by atoms with Gasteiger partial charge in [0.2, 0.25) is 0 Å². The van der Waals surface area contributed by atoms with E-state index < -0.39 is 0 Å². The van der Waals surface area contributed by atoms with Crippen molar-refractivity contribution >= 4 is 55.1 Å². The number of para-hydroxylation sites is 1. The number of nitrogens with one attached hydrogen (secondary N) is 2. The van der Waals surface area contributed by atoms with Gasteiger partial charge in [-0.15, -0.1) is 34.0 Å². The number of rotatable bonds is 3. The fourth-order valence-electron chi connectivity index (χ4n) is 4.39. The lowest BCUT2D eigenvalue weighted by Crippen LogP contribution is -2.54. The minimum absolute atomic E-state index is 0.0436. The first-order valence-electron chi connectivity index (χ1n) is 9.90. The van der Waals surface area contributed by atoms with Crippen LogP contribution in [0, 0.1) is 0 Å². The number of thiazole rings is 1. The number of benzene rings is 1. The highest BCUT2D eigenvalue weighted by Gasteiger charge is 2.41. The van der Waals surface area contributed by atoms with Gasteiger partial charge in [0.05, 0.1) is 15.1 Å². The molecule has 154 valence electrons. The molecule has 0 aliphatic carbocycles.